The molecule has 0 aromatic rings. The average molecular weight is 133 g/mol. The Morgan fingerprint density at radius 2 is 2.11 bits per heavy atom. The Bertz CT molecular complexity index is 65.9. The zero-order valence-corrected chi connectivity index (χ0v) is 6.45. The summed E-state index contributed by atoms with van der Waals surface area (Å²) >= 11 is 0. The fraction of sp³-hybridized carbons (Fsp3) is 1.00. The second kappa shape index (κ2) is 4.74. The van der Waals surface area contributed by atoms with E-state index in [1.807, 2.05) is 13.8 Å². The van der Waals surface area contributed by atoms with E-state index >= 15 is 0 Å². The molecule has 9 heavy (non-hydrogen) atoms. The summed E-state index contributed by atoms with van der Waals surface area (Å²) in [6, 6.07) is 0. The van der Waals surface area contributed by atoms with Gasteiger partial charge in [0.15, 0.2) is 0 Å². The minimum absolute atomic E-state index is 0.192. The average Bonchev–Trinajstić information content (AvgIpc) is 1.87. The number of halogens is 1. The van der Waals surface area contributed by atoms with Gasteiger partial charge in [-0.15, -0.1) is 0 Å². The standard InChI is InChI=1S/C7H16FN/c1-4-6(2)7(8)5-9-3/h6-7,9H,4-5H2,1-3H3. The van der Waals surface area contributed by atoms with E-state index in [1.54, 1.807) is 7.05 Å². The molecule has 0 amide bonds. The van der Waals surface area contributed by atoms with Gasteiger partial charge in [-0.1, -0.05) is 20.3 Å². The van der Waals surface area contributed by atoms with Crippen LogP contribution in [0.25, 0.3) is 0 Å². The molecule has 56 valence electrons. The molecule has 0 spiro atoms. The third-order valence-electron chi connectivity index (χ3n) is 1.66. The molecule has 0 bridgehead atoms. The molecule has 0 aromatic carbocycles. The van der Waals surface area contributed by atoms with Crippen LogP contribution in [0.5, 0.6) is 0 Å². The maximum absolute atomic E-state index is 12.7. The van der Waals surface area contributed by atoms with Crippen molar-refractivity contribution in [2.75, 3.05) is 13.6 Å². The van der Waals surface area contributed by atoms with Gasteiger partial charge in [-0.2, -0.15) is 0 Å². The van der Waals surface area contributed by atoms with Gasteiger partial charge in [-0.3, -0.25) is 0 Å². The summed E-state index contributed by atoms with van der Waals surface area (Å²) in [5.74, 6) is 0.192. The van der Waals surface area contributed by atoms with E-state index in [0.29, 0.717) is 6.54 Å². The molecule has 2 heteroatoms. The Morgan fingerprint density at radius 1 is 1.56 bits per heavy atom. The van der Waals surface area contributed by atoms with Gasteiger partial charge < -0.3 is 5.32 Å². The molecular formula is C7H16FN. The number of hydrogen-bond donors (Lipinski definition) is 1. The monoisotopic (exact) mass is 133 g/mol. The van der Waals surface area contributed by atoms with Crippen LogP contribution in [-0.2, 0) is 0 Å². The quantitative estimate of drug-likeness (QED) is 0.614. The number of hydrogen-bond acceptors (Lipinski definition) is 1. The second-order valence-electron chi connectivity index (χ2n) is 2.46. The van der Waals surface area contributed by atoms with Crippen molar-refractivity contribution in [2.45, 2.75) is 26.4 Å². The van der Waals surface area contributed by atoms with E-state index in [1.165, 1.54) is 0 Å². The van der Waals surface area contributed by atoms with Crippen LogP contribution in [0.1, 0.15) is 20.3 Å². The molecular weight excluding hydrogens is 117 g/mol. The largest absolute Gasteiger partial charge is 0.317 e. The molecule has 0 fully saturated rings. The van der Waals surface area contributed by atoms with E-state index < -0.39 is 6.17 Å². The molecule has 0 saturated carbocycles. The Morgan fingerprint density at radius 3 is 2.44 bits per heavy atom. The highest BCUT2D eigenvalue weighted by atomic mass is 19.1. The molecule has 2 atom stereocenters. The Balaban J connectivity index is 3.32. The van der Waals surface area contributed by atoms with Crippen LogP contribution in [0.15, 0.2) is 0 Å². The first-order chi connectivity index (χ1) is 4.22. The van der Waals surface area contributed by atoms with Crippen molar-refractivity contribution >= 4 is 0 Å². The van der Waals surface area contributed by atoms with E-state index in [0.717, 1.165) is 6.42 Å². The van der Waals surface area contributed by atoms with Gasteiger partial charge in [0.1, 0.15) is 6.17 Å². The van der Waals surface area contributed by atoms with Crippen LogP contribution in [0.4, 0.5) is 4.39 Å². The zero-order valence-electron chi connectivity index (χ0n) is 6.45. The van der Waals surface area contributed by atoms with Crippen LogP contribution in [0.2, 0.25) is 0 Å². The summed E-state index contributed by atoms with van der Waals surface area (Å²) in [6.07, 6.45) is 0.239. The molecule has 2 unspecified atom stereocenters. The van der Waals surface area contributed by atoms with Crippen molar-refractivity contribution < 1.29 is 4.39 Å². The highest BCUT2D eigenvalue weighted by molar-refractivity contribution is 4.64. The van der Waals surface area contributed by atoms with Gasteiger partial charge in [0.2, 0.25) is 0 Å². The molecule has 1 nitrogen and oxygen atoms in total. The normalized spacial score (nSPS) is 17.3. The molecule has 0 aliphatic carbocycles. The van der Waals surface area contributed by atoms with E-state index in [4.69, 9.17) is 0 Å². The van der Waals surface area contributed by atoms with Crippen LogP contribution < -0.4 is 5.32 Å². The predicted molar refractivity (Wildman–Crippen MR) is 38.3 cm³/mol. The van der Waals surface area contributed by atoms with Crippen molar-refractivity contribution in [2.24, 2.45) is 5.92 Å². The number of nitrogens with one attached hydrogen (secondary N) is 1. The number of alkyl halides is 1. The minimum atomic E-state index is -0.681. The lowest BCUT2D eigenvalue weighted by molar-refractivity contribution is 0.233. The fourth-order valence-electron chi connectivity index (χ4n) is 0.652. The van der Waals surface area contributed by atoms with Crippen LogP contribution in [0.3, 0.4) is 0 Å². The molecule has 0 rings (SSSR count). The van der Waals surface area contributed by atoms with E-state index in [2.05, 4.69) is 5.32 Å². The van der Waals surface area contributed by atoms with Gasteiger partial charge in [0, 0.05) is 6.54 Å². The Kier molecular flexibility index (Phi) is 4.68. The predicted octanol–water partition coefficient (Wildman–Crippen LogP) is 1.59. The first-order valence-corrected chi connectivity index (χ1v) is 3.51. The van der Waals surface area contributed by atoms with Crippen molar-refractivity contribution in [3.05, 3.63) is 0 Å². The Labute approximate surface area is 56.6 Å². The molecule has 0 radical (unpaired) electrons. The molecule has 0 saturated heterocycles. The second-order valence-corrected chi connectivity index (χ2v) is 2.46. The van der Waals surface area contributed by atoms with Gasteiger partial charge >= 0.3 is 0 Å². The topological polar surface area (TPSA) is 12.0 Å². The third kappa shape index (κ3) is 3.46. The minimum Gasteiger partial charge on any atom is -0.317 e. The molecule has 0 heterocycles. The van der Waals surface area contributed by atoms with Crippen molar-refractivity contribution in [3.63, 3.8) is 0 Å². The Hall–Kier alpha value is -0.110. The molecule has 1 N–H and O–H groups in total. The van der Waals surface area contributed by atoms with Gasteiger partial charge in [-0.05, 0) is 13.0 Å². The highest BCUT2D eigenvalue weighted by Crippen LogP contribution is 2.09. The third-order valence-corrected chi connectivity index (χ3v) is 1.66. The highest BCUT2D eigenvalue weighted by Gasteiger charge is 2.11. The summed E-state index contributed by atoms with van der Waals surface area (Å²) in [5, 5.41) is 2.81. The molecule has 0 aliphatic heterocycles. The molecule has 0 aliphatic rings. The summed E-state index contributed by atoms with van der Waals surface area (Å²) in [5.41, 5.74) is 0. The van der Waals surface area contributed by atoms with Crippen molar-refractivity contribution in [1.82, 2.24) is 5.32 Å². The SMILES string of the molecule is CCC(C)C(F)CNC. The summed E-state index contributed by atoms with van der Waals surface area (Å²) in [4.78, 5) is 0. The molecule has 0 aromatic heterocycles. The first kappa shape index (κ1) is 8.89. The van der Waals surface area contributed by atoms with Crippen LogP contribution >= 0.6 is 0 Å². The van der Waals surface area contributed by atoms with E-state index in [9.17, 15) is 4.39 Å². The number of rotatable bonds is 4. The lowest BCUT2D eigenvalue weighted by Crippen LogP contribution is -2.25. The van der Waals surface area contributed by atoms with Crippen LogP contribution in [0, 0.1) is 5.92 Å². The summed E-state index contributed by atoms with van der Waals surface area (Å²) < 4.78 is 12.7. The van der Waals surface area contributed by atoms with Gasteiger partial charge in [0.05, 0.1) is 0 Å². The summed E-state index contributed by atoms with van der Waals surface area (Å²) in [7, 11) is 1.77. The van der Waals surface area contributed by atoms with E-state index in [-0.39, 0.29) is 5.92 Å². The van der Waals surface area contributed by atoms with Crippen LogP contribution in [-0.4, -0.2) is 19.8 Å². The smallest absolute Gasteiger partial charge is 0.115 e. The van der Waals surface area contributed by atoms with Crippen molar-refractivity contribution in [1.29, 1.82) is 0 Å². The van der Waals surface area contributed by atoms with Gasteiger partial charge in [-0.25, -0.2) is 4.39 Å². The van der Waals surface area contributed by atoms with Crippen molar-refractivity contribution in [3.8, 4) is 0 Å². The lowest BCUT2D eigenvalue weighted by atomic mass is 10.0. The fourth-order valence-corrected chi connectivity index (χ4v) is 0.652. The lowest BCUT2D eigenvalue weighted by Gasteiger charge is -2.13. The first-order valence-electron chi connectivity index (χ1n) is 3.51. The maximum Gasteiger partial charge on any atom is 0.115 e. The zero-order chi connectivity index (χ0) is 7.28. The maximum atomic E-state index is 12.7. The van der Waals surface area contributed by atoms with Gasteiger partial charge in [0.25, 0.3) is 0 Å². The summed E-state index contributed by atoms with van der Waals surface area (Å²) in [6.45, 7) is 4.42.